The van der Waals surface area contributed by atoms with Gasteiger partial charge in [0.05, 0.1) is 0 Å². The van der Waals surface area contributed by atoms with E-state index in [1.165, 1.54) is 28.9 Å². The number of nitrogens with zero attached hydrogens (tertiary/aromatic N) is 3. The van der Waals surface area contributed by atoms with E-state index < -0.39 is 11.7 Å². The van der Waals surface area contributed by atoms with Crippen LogP contribution in [0.2, 0.25) is 0 Å². The van der Waals surface area contributed by atoms with Gasteiger partial charge in [0.25, 0.3) is 0 Å². The van der Waals surface area contributed by atoms with E-state index >= 15 is 0 Å². The summed E-state index contributed by atoms with van der Waals surface area (Å²) in [6.07, 6.45) is 5.11. The molecule has 0 radical (unpaired) electrons. The molecule has 5 heteroatoms. The third-order valence-corrected chi connectivity index (χ3v) is 5.01. The molecule has 1 aromatic carbocycles. The first-order chi connectivity index (χ1) is 13.3. The van der Waals surface area contributed by atoms with E-state index in [2.05, 4.69) is 46.3 Å². The molecule has 1 aliphatic heterocycles. The minimum Gasteiger partial charge on any atom is -0.443 e. The first-order valence-electron chi connectivity index (χ1n) is 10.0. The number of carbonyl (C=O) groups is 1. The molecule has 1 aliphatic rings. The molecule has 0 aliphatic carbocycles. The standard InChI is InChI=1S/C23H31N3O2/c1-23(2,3)28-22(27)25(4)21-14-13-19(16-24-21)20-12-8-9-15-26(20)17-18-10-6-5-7-11-18/h5-7,10-11,13-14,16,20H,8-9,12,15,17H2,1-4H3. The molecule has 1 unspecified atom stereocenters. The average molecular weight is 382 g/mol. The van der Waals surface area contributed by atoms with E-state index in [1.54, 1.807) is 7.05 Å². The molecule has 2 aromatic rings. The van der Waals surface area contributed by atoms with Crippen LogP contribution in [0.15, 0.2) is 48.7 Å². The molecule has 0 N–H and O–H groups in total. The van der Waals surface area contributed by atoms with Crippen LogP contribution in [0, 0.1) is 0 Å². The largest absolute Gasteiger partial charge is 0.443 e. The number of piperidine rings is 1. The summed E-state index contributed by atoms with van der Waals surface area (Å²) in [5, 5.41) is 0. The summed E-state index contributed by atoms with van der Waals surface area (Å²) in [5.41, 5.74) is 2.02. The molecular formula is C23H31N3O2. The molecule has 1 aromatic heterocycles. The van der Waals surface area contributed by atoms with Crippen molar-refractivity contribution in [1.29, 1.82) is 0 Å². The molecule has 3 rings (SSSR count). The van der Waals surface area contributed by atoms with Gasteiger partial charge in [0.2, 0.25) is 0 Å². The van der Waals surface area contributed by atoms with Crippen molar-refractivity contribution in [3.8, 4) is 0 Å². The fourth-order valence-corrected chi connectivity index (χ4v) is 3.59. The Morgan fingerprint density at radius 1 is 1.18 bits per heavy atom. The minimum atomic E-state index is -0.522. The highest BCUT2D eigenvalue weighted by molar-refractivity contribution is 5.85. The zero-order valence-electron chi connectivity index (χ0n) is 17.4. The predicted molar refractivity (Wildman–Crippen MR) is 112 cm³/mol. The second kappa shape index (κ2) is 8.74. The Morgan fingerprint density at radius 2 is 1.93 bits per heavy atom. The fraction of sp³-hybridized carbons (Fsp3) is 0.478. The Hall–Kier alpha value is -2.40. The lowest BCUT2D eigenvalue weighted by Crippen LogP contribution is -2.35. The minimum absolute atomic E-state index is 0.363. The van der Waals surface area contributed by atoms with Gasteiger partial charge in [0.1, 0.15) is 11.4 Å². The van der Waals surface area contributed by atoms with Crippen LogP contribution in [-0.4, -0.2) is 35.2 Å². The van der Waals surface area contributed by atoms with Crippen LogP contribution in [-0.2, 0) is 11.3 Å². The Kier molecular flexibility index (Phi) is 6.35. The van der Waals surface area contributed by atoms with Gasteiger partial charge in [-0.3, -0.25) is 9.80 Å². The topological polar surface area (TPSA) is 45.7 Å². The number of carbonyl (C=O) groups excluding carboxylic acids is 1. The third kappa shape index (κ3) is 5.32. The molecule has 150 valence electrons. The van der Waals surface area contributed by atoms with Crippen LogP contribution in [0.25, 0.3) is 0 Å². The number of hydrogen-bond acceptors (Lipinski definition) is 4. The van der Waals surface area contributed by atoms with E-state index in [-0.39, 0.29) is 0 Å². The maximum atomic E-state index is 12.3. The van der Waals surface area contributed by atoms with Crippen LogP contribution in [0.1, 0.15) is 57.2 Å². The van der Waals surface area contributed by atoms with Crippen LogP contribution in [0.5, 0.6) is 0 Å². The average Bonchev–Trinajstić information content (AvgIpc) is 2.67. The Bertz CT molecular complexity index is 769. The van der Waals surface area contributed by atoms with Crippen LogP contribution in [0.4, 0.5) is 10.6 Å². The predicted octanol–water partition coefficient (Wildman–Crippen LogP) is 5.18. The zero-order valence-corrected chi connectivity index (χ0v) is 17.4. The van der Waals surface area contributed by atoms with Crippen molar-refractivity contribution < 1.29 is 9.53 Å². The lowest BCUT2D eigenvalue weighted by Gasteiger charge is -2.36. The summed E-state index contributed by atoms with van der Waals surface area (Å²) in [5.74, 6) is 0.600. The molecule has 2 heterocycles. The van der Waals surface area contributed by atoms with E-state index in [0.29, 0.717) is 11.9 Å². The number of aromatic nitrogens is 1. The van der Waals surface area contributed by atoms with E-state index in [9.17, 15) is 4.79 Å². The number of anilines is 1. The quantitative estimate of drug-likeness (QED) is 0.732. The number of likely N-dealkylation sites (tertiary alicyclic amines) is 1. The van der Waals surface area contributed by atoms with Crippen LogP contribution >= 0.6 is 0 Å². The first-order valence-corrected chi connectivity index (χ1v) is 10.0. The summed E-state index contributed by atoms with van der Waals surface area (Å²) in [6, 6.07) is 15.0. The number of ether oxygens (including phenoxy) is 1. The molecular weight excluding hydrogens is 350 g/mol. The number of benzene rings is 1. The first kappa shape index (κ1) is 20.3. The summed E-state index contributed by atoms with van der Waals surface area (Å²) in [6.45, 7) is 7.63. The van der Waals surface area contributed by atoms with Gasteiger partial charge < -0.3 is 4.74 Å². The fourth-order valence-electron chi connectivity index (χ4n) is 3.59. The van der Waals surface area contributed by atoms with Crippen molar-refractivity contribution in [3.05, 3.63) is 59.8 Å². The lowest BCUT2D eigenvalue weighted by atomic mass is 9.95. The molecule has 0 bridgehead atoms. The highest BCUT2D eigenvalue weighted by Gasteiger charge is 2.25. The van der Waals surface area contributed by atoms with Gasteiger partial charge in [0, 0.05) is 25.8 Å². The van der Waals surface area contributed by atoms with Gasteiger partial charge in [-0.15, -0.1) is 0 Å². The summed E-state index contributed by atoms with van der Waals surface area (Å²) >= 11 is 0. The molecule has 5 nitrogen and oxygen atoms in total. The molecule has 1 amide bonds. The second-order valence-electron chi connectivity index (χ2n) is 8.46. The van der Waals surface area contributed by atoms with Crippen molar-refractivity contribution in [2.24, 2.45) is 0 Å². The number of pyridine rings is 1. The van der Waals surface area contributed by atoms with Gasteiger partial charge >= 0.3 is 6.09 Å². The van der Waals surface area contributed by atoms with E-state index in [1.807, 2.05) is 33.0 Å². The highest BCUT2D eigenvalue weighted by Crippen LogP contribution is 2.32. The Balaban J connectivity index is 1.71. The maximum absolute atomic E-state index is 12.3. The Morgan fingerprint density at radius 3 is 2.57 bits per heavy atom. The van der Waals surface area contributed by atoms with Crippen molar-refractivity contribution >= 4 is 11.9 Å². The SMILES string of the molecule is CN(C(=O)OC(C)(C)C)c1ccc(C2CCCCN2Cc2ccccc2)cn1. The second-order valence-corrected chi connectivity index (χ2v) is 8.46. The van der Waals surface area contributed by atoms with Gasteiger partial charge in [-0.25, -0.2) is 9.78 Å². The van der Waals surface area contributed by atoms with Gasteiger partial charge in [-0.2, -0.15) is 0 Å². The van der Waals surface area contributed by atoms with Crippen molar-refractivity contribution in [3.63, 3.8) is 0 Å². The Labute approximate surface area is 168 Å². The lowest BCUT2D eigenvalue weighted by molar-refractivity contribution is 0.0588. The normalized spacial score (nSPS) is 17.9. The molecule has 1 saturated heterocycles. The molecule has 1 atom stereocenters. The van der Waals surface area contributed by atoms with Gasteiger partial charge in [-0.05, 0) is 57.4 Å². The van der Waals surface area contributed by atoms with Crippen molar-refractivity contribution in [2.75, 3.05) is 18.5 Å². The molecule has 0 spiro atoms. The summed E-state index contributed by atoms with van der Waals surface area (Å²) < 4.78 is 5.42. The summed E-state index contributed by atoms with van der Waals surface area (Å²) in [7, 11) is 1.69. The monoisotopic (exact) mass is 381 g/mol. The molecule has 28 heavy (non-hydrogen) atoms. The molecule has 0 saturated carbocycles. The third-order valence-electron chi connectivity index (χ3n) is 5.01. The molecule has 1 fully saturated rings. The number of rotatable bonds is 4. The van der Waals surface area contributed by atoms with Gasteiger partial charge in [-0.1, -0.05) is 42.8 Å². The van der Waals surface area contributed by atoms with E-state index in [0.717, 1.165) is 19.5 Å². The van der Waals surface area contributed by atoms with Crippen molar-refractivity contribution in [2.45, 2.75) is 58.2 Å². The number of hydrogen-bond donors (Lipinski definition) is 0. The smallest absolute Gasteiger partial charge is 0.415 e. The highest BCUT2D eigenvalue weighted by atomic mass is 16.6. The van der Waals surface area contributed by atoms with Crippen LogP contribution in [0.3, 0.4) is 0 Å². The maximum Gasteiger partial charge on any atom is 0.415 e. The number of amides is 1. The van der Waals surface area contributed by atoms with E-state index in [4.69, 9.17) is 4.74 Å². The van der Waals surface area contributed by atoms with Crippen LogP contribution < -0.4 is 4.90 Å². The summed E-state index contributed by atoms with van der Waals surface area (Å²) in [4.78, 5) is 20.8. The van der Waals surface area contributed by atoms with Gasteiger partial charge in [0.15, 0.2) is 0 Å². The zero-order chi connectivity index (χ0) is 20.1. The van der Waals surface area contributed by atoms with Crippen molar-refractivity contribution in [1.82, 2.24) is 9.88 Å².